The fourth-order valence-corrected chi connectivity index (χ4v) is 3.61. The minimum absolute atomic E-state index is 0.0214. The summed E-state index contributed by atoms with van der Waals surface area (Å²) in [4.78, 5) is 32.3. The maximum absolute atomic E-state index is 12.5. The molecule has 0 radical (unpaired) electrons. The van der Waals surface area contributed by atoms with Crippen molar-refractivity contribution in [3.05, 3.63) is 30.2 Å². The second kappa shape index (κ2) is 6.84. The molecule has 7 nitrogen and oxygen atoms in total. The molecule has 2 saturated heterocycles. The fraction of sp³-hybridized carbons (Fsp3) is 0.500. The van der Waals surface area contributed by atoms with Gasteiger partial charge in [0.2, 0.25) is 11.8 Å². The largest absolute Gasteiger partial charge is 0.440 e. The predicted octanol–water partition coefficient (Wildman–Crippen LogP) is 0.966. The Kier molecular flexibility index (Phi) is 4.40. The van der Waals surface area contributed by atoms with Crippen LogP contribution in [0.4, 0.5) is 0 Å². The summed E-state index contributed by atoms with van der Waals surface area (Å²) in [6.45, 7) is 3.30. The third kappa shape index (κ3) is 3.51. The van der Waals surface area contributed by atoms with Gasteiger partial charge in [0.15, 0.2) is 11.5 Å². The van der Waals surface area contributed by atoms with E-state index < -0.39 is 0 Å². The number of hydrogen-bond acceptors (Lipinski definition) is 5. The molecule has 2 aliphatic heterocycles. The number of amides is 2. The molecule has 0 spiro atoms. The normalized spacial score (nSPS) is 22.2. The van der Waals surface area contributed by atoms with Crippen LogP contribution in [0.15, 0.2) is 28.7 Å². The van der Waals surface area contributed by atoms with Crippen molar-refractivity contribution in [2.24, 2.45) is 0 Å². The number of oxazole rings is 1. The van der Waals surface area contributed by atoms with Gasteiger partial charge in [0, 0.05) is 25.6 Å². The zero-order valence-corrected chi connectivity index (χ0v) is 14.1. The van der Waals surface area contributed by atoms with E-state index in [1.165, 1.54) is 0 Å². The van der Waals surface area contributed by atoms with Crippen LogP contribution >= 0.6 is 0 Å². The first-order valence-electron chi connectivity index (χ1n) is 8.81. The van der Waals surface area contributed by atoms with E-state index in [1.807, 2.05) is 24.3 Å². The summed E-state index contributed by atoms with van der Waals surface area (Å²) < 4.78 is 5.91. The van der Waals surface area contributed by atoms with E-state index in [2.05, 4.69) is 15.2 Å². The summed E-state index contributed by atoms with van der Waals surface area (Å²) in [5, 5.41) is 2.74. The maximum atomic E-state index is 12.5. The number of para-hydroxylation sites is 2. The summed E-state index contributed by atoms with van der Waals surface area (Å²) >= 11 is 0. The van der Waals surface area contributed by atoms with Gasteiger partial charge in [-0.3, -0.25) is 14.5 Å². The van der Waals surface area contributed by atoms with Gasteiger partial charge < -0.3 is 14.6 Å². The summed E-state index contributed by atoms with van der Waals surface area (Å²) in [5.74, 6) is 0.907. The molecule has 0 unspecified atom stereocenters. The van der Waals surface area contributed by atoms with E-state index in [9.17, 15) is 9.59 Å². The van der Waals surface area contributed by atoms with Crippen molar-refractivity contribution in [3.8, 4) is 0 Å². The topological polar surface area (TPSA) is 78.7 Å². The van der Waals surface area contributed by atoms with E-state index in [0.717, 1.165) is 42.9 Å². The van der Waals surface area contributed by atoms with Gasteiger partial charge in [0.05, 0.1) is 13.1 Å². The number of carbonyl (C=O) groups excluding carboxylic acids is 2. The first-order valence-corrected chi connectivity index (χ1v) is 8.81. The van der Waals surface area contributed by atoms with Crippen LogP contribution in [0.1, 0.15) is 24.7 Å². The second-order valence-electron chi connectivity index (χ2n) is 6.76. The van der Waals surface area contributed by atoms with Crippen LogP contribution in [0.5, 0.6) is 0 Å². The number of rotatable bonds is 3. The number of piperidine rings is 1. The van der Waals surface area contributed by atoms with Crippen molar-refractivity contribution in [2.75, 3.05) is 39.3 Å². The average molecular weight is 342 g/mol. The van der Waals surface area contributed by atoms with Crippen molar-refractivity contribution in [1.29, 1.82) is 0 Å². The van der Waals surface area contributed by atoms with Crippen molar-refractivity contribution < 1.29 is 14.0 Å². The average Bonchev–Trinajstić information content (AvgIpc) is 3.06. The van der Waals surface area contributed by atoms with Gasteiger partial charge in [-0.05, 0) is 31.5 Å². The molecular weight excluding hydrogens is 320 g/mol. The maximum Gasteiger partial charge on any atom is 0.239 e. The molecule has 0 bridgehead atoms. The zero-order chi connectivity index (χ0) is 17.2. The Morgan fingerprint density at radius 2 is 2.20 bits per heavy atom. The third-order valence-electron chi connectivity index (χ3n) is 4.92. The molecule has 0 aliphatic carbocycles. The quantitative estimate of drug-likeness (QED) is 0.899. The minimum Gasteiger partial charge on any atom is -0.440 e. The smallest absolute Gasteiger partial charge is 0.239 e. The highest BCUT2D eigenvalue weighted by Gasteiger charge is 2.28. The van der Waals surface area contributed by atoms with Gasteiger partial charge in [-0.1, -0.05) is 12.1 Å². The molecule has 2 aliphatic rings. The lowest BCUT2D eigenvalue weighted by molar-refractivity contribution is -0.139. The van der Waals surface area contributed by atoms with Crippen LogP contribution in [0.25, 0.3) is 11.1 Å². The second-order valence-corrected chi connectivity index (χ2v) is 6.76. The Morgan fingerprint density at radius 3 is 3.04 bits per heavy atom. The molecule has 2 aromatic rings. The predicted molar refractivity (Wildman–Crippen MR) is 92.0 cm³/mol. The van der Waals surface area contributed by atoms with Gasteiger partial charge >= 0.3 is 0 Å². The van der Waals surface area contributed by atoms with E-state index in [-0.39, 0.29) is 24.3 Å². The molecule has 4 rings (SSSR count). The number of benzene rings is 1. The van der Waals surface area contributed by atoms with Crippen LogP contribution in [-0.4, -0.2) is 65.9 Å². The van der Waals surface area contributed by atoms with Gasteiger partial charge in [-0.2, -0.15) is 0 Å². The number of fused-ring (bicyclic) bond motifs is 1. The zero-order valence-electron chi connectivity index (χ0n) is 14.1. The summed E-state index contributed by atoms with van der Waals surface area (Å²) in [7, 11) is 0. The molecule has 2 fully saturated rings. The Morgan fingerprint density at radius 1 is 1.32 bits per heavy atom. The van der Waals surface area contributed by atoms with E-state index in [4.69, 9.17) is 4.42 Å². The summed E-state index contributed by atoms with van der Waals surface area (Å²) in [5.41, 5.74) is 1.69. The summed E-state index contributed by atoms with van der Waals surface area (Å²) in [6.07, 6.45) is 2.03. The van der Waals surface area contributed by atoms with Crippen LogP contribution < -0.4 is 5.32 Å². The number of nitrogens with zero attached hydrogens (tertiary/aromatic N) is 3. The fourth-order valence-electron chi connectivity index (χ4n) is 3.61. The minimum atomic E-state index is -0.0809. The molecule has 2 amide bonds. The Bertz CT molecular complexity index is 754. The molecule has 7 heteroatoms. The number of hydrogen-bond donors (Lipinski definition) is 1. The van der Waals surface area contributed by atoms with Crippen LogP contribution in [0.2, 0.25) is 0 Å². The number of piperazine rings is 1. The Balaban J connectivity index is 1.40. The molecule has 1 N–H and O–H groups in total. The lowest BCUT2D eigenvalue weighted by Gasteiger charge is -2.33. The van der Waals surface area contributed by atoms with Gasteiger partial charge in [0.1, 0.15) is 5.52 Å². The standard InChI is InChI=1S/C18H22N4O3/c23-16-11-22(9-7-19-16)17(24)12-21-8-3-4-13(10-21)18-20-14-5-1-2-6-15(14)25-18/h1-2,5-6,13H,3-4,7-12H2,(H,19,23)/t13-/m0/s1. The molecule has 25 heavy (non-hydrogen) atoms. The molecule has 3 heterocycles. The van der Waals surface area contributed by atoms with E-state index in [1.54, 1.807) is 4.90 Å². The Hall–Kier alpha value is -2.41. The van der Waals surface area contributed by atoms with Crippen molar-refractivity contribution in [2.45, 2.75) is 18.8 Å². The highest BCUT2D eigenvalue weighted by molar-refractivity contribution is 5.86. The number of carbonyl (C=O) groups is 2. The monoisotopic (exact) mass is 342 g/mol. The lowest BCUT2D eigenvalue weighted by Crippen LogP contribution is -2.53. The van der Waals surface area contributed by atoms with Gasteiger partial charge in [-0.25, -0.2) is 4.98 Å². The molecule has 1 atom stereocenters. The summed E-state index contributed by atoms with van der Waals surface area (Å²) in [6, 6.07) is 7.78. The van der Waals surface area contributed by atoms with Crippen molar-refractivity contribution in [1.82, 2.24) is 20.1 Å². The molecule has 0 saturated carbocycles. The van der Waals surface area contributed by atoms with Crippen LogP contribution in [-0.2, 0) is 9.59 Å². The van der Waals surface area contributed by atoms with Gasteiger partial charge in [-0.15, -0.1) is 0 Å². The molecule has 132 valence electrons. The van der Waals surface area contributed by atoms with Crippen LogP contribution in [0, 0.1) is 0 Å². The SMILES string of the molecule is O=C1CN(C(=O)CN2CCC[C@H](c3nc4ccccc4o3)C2)CCN1. The number of aromatic nitrogens is 1. The highest BCUT2D eigenvalue weighted by atomic mass is 16.3. The molecule has 1 aromatic carbocycles. The number of nitrogens with one attached hydrogen (secondary N) is 1. The molecule has 1 aromatic heterocycles. The number of likely N-dealkylation sites (tertiary alicyclic amines) is 1. The van der Waals surface area contributed by atoms with Gasteiger partial charge in [0.25, 0.3) is 0 Å². The van der Waals surface area contributed by atoms with E-state index in [0.29, 0.717) is 19.6 Å². The van der Waals surface area contributed by atoms with E-state index >= 15 is 0 Å². The molecular formula is C18H22N4O3. The first-order chi connectivity index (χ1) is 12.2. The van der Waals surface area contributed by atoms with Crippen molar-refractivity contribution in [3.63, 3.8) is 0 Å². The Labute approximate surface area is 146 Å². The first kappa shape index (κ1) is 16.1. The van der Waals surface area contributed by atoms with Crippen molar-refractivity contribution >= 4 is 22.9 Å². The lowest BCUT2D eigenvalue weighted by atomic mass is 9.98. The van der Waals surface area contributed by atoms with Crippen LogP contribution in [0.3, 0.4) is 0 Å². The third-order valence-corrected chi connectivity index (χ3v) is 4.92. The highest BCUT2D eigenvalue weighted by Crippen LogP contribution is 2.28.